The summed E-state index contributed by atoms with van der Waals surface area (Å²) in [6, 6.07) is 10.1. The molecule has 0 saturated carbocycles. The number of esters is 2. The van der Waals surface area contributed by atoms with Gasteiger partial charge in [0.25, 0.3) is 0 Å². The number of nitrogens with zero attached hydrogens (tertiary/aromatic N) is 1. The van der Waals surface area contributed by atoms with E-state index in [1.165, 1.54) is 23.8 Å². The Kier molecular flexibility index (Phi) is 5.87. The Morgan fingerprint density at radius 1 is 1.13 bits per heavy atom. The quantitative estimate of drug-likeness (QED) is 0.611. The lowest BCUT2D eigenvalue weighted by molar-refractivity contribution is -0.156. The van der Waals surface area contributed by atoms with E-state index in [0.717, 1.165) is 0 Å². The topological polar surface area (TPSA) is 83.5 Å². The molecule has 3 aromatic rings. The number of aromatic nitrogens is 1. The highest BCUT2D eigenvalue weighted by molar-refractivity contribution is 6.38. The van der Waals surface area contributed by atoms with Crippen molar-refractivity contribution in [3.8, 4) is 5.69 Å². The molecule has 0 saturated heterocycles. The monoisotopic (exact) mass is 432 g/mol. The number of fused-ring (bicyclic) bond motifs is 1. The molecule has 30 heavy (non-hydrogen) atoms. The first-order valence-corrected chi connectivity index (χ1v) is 9.58. The first kappa shape index (κ1) is 21.8. The minimum atomic E-state index is -0.971. The minimum Gasteiger partial charge on any atom is -0.464 e. The fraction of sp³-hybridized carbons (Fsp3) is 0.273. The van der Waals surface area contributed by atoms with Gasteiger partial charge in [0.1, 0.15) is 17.5 Å². The number of hydrogen-bond donors (Lipinski definition) is 1. The van der Waals surface area contributed by atoms with Gasteiger partial charge in [0.2, 0.25) is 0 Å². The Bertz CT molecular complexity index is 1120. The van der Waals surface area contributed by atoms with Crippen molar-refractivity contribution in [3.05, 3.63) is 64.6 Å². The summed E-state index contributed by atoms with van der Waals surface area (Å²) in [6.07, 6.45) is 0. The molecule has 0 amide bonds. The lowest BCUT2D eigenvalue weighted by Crippen LogP contribution is -2.31. The molecule has 0 bridgehead atoms. The molecule has 3 rings (SSSR count). The molecule has 0 aliphatic rings. The third-order valence-electron chi connectivity index (χ3n) is 4.43. The highest BCUT2D eigenvalue weighted by Crippen LogP contribution is 2.35. The van der Waals surface area contributed by atoms with E-state index in [2.05, 4.69) is 0 Å². The number of methoxy groups -OCH3 is 1. The summed E-state index contributed by atoms with van der Waals surface area (Å²) in [4.78, 5) is 24.6. The van der Waals surface area contributed by atoms with Crippen molar-refractivity contribution in [2.45, 2.75) is 32.4 Å². The molecule has 2 aromatic carbocycles. The summed E-state index contributed by atoms with van der Waals surface area (Å²) in [5, 5.41) is 0.0820. The zero-order chi connectivity index (χ0) is 22.2. The molecule has 6 nitrogen and oxygen atoms in total. The molecule has 0 fully saturated rings. The van der Waals surface area contributed by atoms with Crippen molar-refractivity contribution >= 4 is 34.4 Å². The van der Waals surface area contributed by atoms with Gasteiger partial charge in [-0.1, -0.05) is 29.8 Å². The summed E-state index contributed by atoms with van der Waals surface area (Å²) in [5.74, 6) is -1.81. The fourth-order valence-corrected chi connectivity index (χ4v) is 3.48. The molecule has 1 unspecified atom stereocenters. The molecule has 1 aromatic heterocycles. The van der Waals surface area contributed by atoms with E-state index in [1.807, 2.05) is 0 Å². The van der Waals surface area contributed by atoms with Gasteiger partial charge in [-0.25, -0.2) is 14.0 Å². The number of ether oxygens (including phenoxy) is 2. The van der Waals surface area contributed by atoms with Crippen molar-refractivity contribution in [1.82, 2.24) is 4.57 Å². The summed E-state index contributed by atoms with van der Waals surface area (Å²) < 4.78 is 26.1. The molecule has 0 aliphatic heterocycles. The zero-order valence-corrected chi connectivity index (χ0v) is 17.8. The van der Waals surface area contributed by atoms with Crippen molar-refractivity contribution < 1.29 is 23.5 Å². The van der Waals surface area contributed by atoms with E-state index >= 15 is 0 Å². The number of halogens is 2. The molecule has 1 atom stereocenters. The maximum absolute atomic E-state index is 14.4. The van der Waals surface area contributed by atoms with Crippen LogP contribution in [0.2, 0.25) is 5.02 Å². The molecule has 2 N–H and O–H groups in total. The molecule has 0 radical (unpaired) electrons. The highest BCUT2D eigenvalue weighted by atomic mass is 35.5. The lowest BCUT2D eigenvalue weighted by Gasteiger charge is -2.22. The van der Waals surface area contributed by atoms with Crippen molar-refractivity contribution in [2.24, 2.45) is 5.73 Å². The molecule has 8 heteroatoms. The lowest BCUT2D eigenvalue weighted by atomic mass is 10.1. The average Bonchev–Trinajstić information content (AvgIpc) is 2.99. The van der Waals surface area contributed by atoms with Crippen LogP contribution in [0.1, 0.15) is 42.9 Å². The van der Waals surface area contributed by atoms with Crippen molar-refractivity contribution in [2.75, 3.05) is 7.11 Å². The SMILES string of the molecule is COC(=O)c1c(Cl)c2c(F)cccc2n1-c1ccc(C(N)C(=O)OC(C)(C)C)cc1. The normalized spacial score (nSPS) is 12.6. The van der Waals surface area contributed by atoms with Crippen LogP contribution in [0.25, 0.3) is 16.6 Å². The molecular formula is C22H22ClFN2O4. The first-order chi connectivity index (χ1) is 14.0. The maximum atomic E-state index is 14.4. The van der Waals surface area contributed by atoms with E-state index < -0.39 is 29.4 Å². The number of carbonyl (C=O) groups is 2. The van der Waals surface area contributed by atoms with Crippen molar-refractivity contribution in [3.63, 3.8) is 0 Å². The molecule has 1 heterocycles. The maximum Gasteiger partial charge on any atom is 0.356 e. The van der Waals surface area contributed by atoms with E-state index in [0.29, 0.717) is 16.8 Å². The van der Waals surface area contributed by atoms with E-state index in [4.69, 9.17) is 26.8 Å². The second kappa shape index (κ2) is 8.08. The number of hydrogen-bond acceptors (Lipinski definition) is 5. The van der Waals surface area contributed by atoms with Gasteiger partial charge < -0.3 is 19.8 Å². The highest BCUT2D eigenvalue weighted by Gasteiger charge is 2.26. The Balaban J connectivity index is 2.08. The third kappa shape index (κ3) is 4.04. The number of benzene rings is 2. The van der Waals surface area contributed by atoms with Crippen LogP contribution in [-0.2, 0) is 14.3 Å². The predicted octanol–water partition coefficient (Wildman–Crippen LogP) is 4.55. The Labute approximate surface area is 178 Å². The van der Waals surface area contributed by atoms with E-state index in [1.54, 1.807) is 51.1 Å². The smallest absolute Gasteiger partial charge is 0.356 e. The van der Waals surface area contributed by atoms with Crippen LogP contribution in [0.4, 0.5) is 4.39 Å². The second-order valence-corrected chi connectivity index (χ2v) is 8.10. The van der Waals surface area contributed by atoms with Gasteiger partial charge in [-0.2, -0.15) is 0 Å². The molecular weight excluding hydrogens is 411 g/mol. The van der Waals surface area contributed by atoms with Gasteiger partial charge in [0, 0.05) is 5.69 Å². The van der Waals surface area contributed by atoms with Crippen LogP contribution < -0.4 is 5.73 Å². The van der Waals surface area contributed by atoms with Crippen LogP contribution in [0.3, 0.4) is 0 Å². The van der Waals surface area contributed by atoms with Gasteiger partial charge in [-0.3, -0.25) is 0 Å². The van der Waals surface area contributed by atoms with Crippen LogP contribution in [0.5, 0.6) is 0 Å². The molecule has 158 valence electrons. The molecule has 0 spiro atoms. The number of rotatable bonds is 4. The summed E-state index contributed by atoms with van der Waals surface area (Å²) in [5.41, 5.74) is 6.83. The third-order valence-corrected chi connectivity index (χ3v) is 4.80. The summed E-state index contributed by atoms with van der Waals surface area (Å²) in [7, 11) is 1.22. The first-order valence-electron chi connectivity index (χ1n) is 9.20. The summed E-state index contributed by atoms with van der Waals surface area (Å²) in [6.45, 7) is 5.28. The van der Waals surface area contributed by atoms with E-state index in [9.17, 15) is 14.0 Å². The standard InChI is InChI=1S/C22H22ClFN2O4/c1-22(2,3)30-20(27)18(25)12-8-10-13(11-9-12)26-15-7-5-6-14(24)16(15)17(23)19(26)21(28)29-4/h5-11,18H,25H2,1-4H3. The van der Waals surface area contributed by atoms with Gasteiger partial charge >= 0.3 is 11.9 Å². The van der Waals surface area contributed by atoms with Crippen LogP contribution in [0, 0.1) is 5.82 Å². The Morgan fingerprint density at radius 3 is 2.33 bits per heavy atom. The predicted molar refractivity (Wildman–Crippen MR) is 112 cm³/mol. The minimum absolute atomic E-state index is 0.00320. The van der Waals surface area contributed by atoms with E-state index in [-0.39, 0.29) is 16.1 Å². The number of carbonyl (C=O) groups excluding carboxylic acids is 2. The van der Waals surface area contributed by atoms with Gasteiger partial charge in [0.15, 0.2) is 5.69 Å². The van der Waals surface area contributed by atoms with Gasteiger partial charge in [0.05, 0.1) is 23.0 Å². The van der Waals surface area contributed by atoms with Gasteiger partial charge in [-0.15, -0.1) is 0 Å². The van der Waals surface area contributed by atoms with Crippen LogP contribution in [-0.4, -0.2) is 29.2 Å². The van der Waals surface area contributed by atoms with Gasteiger partial charge in [-0.05, 0) is 50.6 Å². The van der Waals surface area contributed by atoms with Crippen LogP contribution in [0.15, 0.2) is 42.5 Å². The zero-order valence-electron chi connectivity index (χ0n) is 17.0. The van der Waals surface area contributed by atoms with Crippen molar-refractivity contribution in [1.29, 1.82) is 0 Å². The second-order valence-electron chi connectivity index (χ2n) is 7.73. The van der Waals surface area contributed by atoms with Crippen LogP contribution >= 0.6 is 11.6 Å². The number of nitrogens with two attached hydrogens (primary N) is 1. The molecule has 0 aliphatic carbocycles. The largest absolute Gasteiger partial charge is 0.464 e. The Hall–Kier alpha value is -2.90. The summed E-state index contributed by atoms with van der Waals surface area (Å²) >= 11 is 6.33. The average molecular weight is 433 g/mol. The fourth-order valence-electron chi connectivity index (χ4n) is 3.13. The Morgan fingerprint density at radius 2 is 1.77 bits per heavy atom.